The Kier molecular flexibility index (Phi) is 4.87. The van der Waals surface area contributed by atoms with E-state index in [4.69, 9.17) is 4.42 Å². The number of aryl methyl sites for hydroxylation is 3. The summed E-state index contributed by atoms with van der Waals surface area (Å²) in [6.07, 6.45) is 1.60. The molecule has 28 heavy (non-hydrogen) atoms. The molecule has 0 bridgehead atoms. The van der Waals surface area contributed by atoms with E-state index in [1.54, 1.807) is 10.8 Å². The van der Waals surface area contributed by atoms with Crippen molar-refractivity contribution in [1.82, 2.24) is 19.8 Å². The van der Waals surface area contributed by atoms with Crippen molar-refractivity contribution in [3.8, 4) is 11.5 Å². The zero-order valence-corrected chi connectivity index (χ0v) is 16.6. The lowest BCUT2D eigenvalue weighted by atomic mass is 10.1. The van der Waals surface area contributed by atoms with Gasteiger partial charge in [-0.15, -0.1) is 10.2 Å². The predicted octanol–water partition coefficient (Wildman–Crippen LogP) is 4.04. The van der Waals surface area contributed by atoms with E-state index >= 15 is 0 Å². The molecule has 0 saturated heterocycles. The van der Waals surface area contributed by atoms with Gasteiger partial charge in [-0.2, -0.15) is 9.61 Å². The van der Waals surface area contributed by atoms with Gasteiger partial charge in [0, 0.05) is 5.69 Å². The maximum absolute atomic E-state index is 12.5. The summed E-state index contributed by atoms with van der Waals surface area (Å²) in [5, 5.41) is 16.3. The Labute approximate surface area is 166 Å². The fourth-order valence-corrected chi connectivity index (χ4v) is 3.79. The molecule has 3 heterocycles. The fourth-order valence-electron chi connectivity index (χ4n) is 3.10. The number of anilines is 1. The molecule has 0 saturated carbocycles. The molecule has 0 spiro atoms. The van der Waals surface area contributed by atoms with Crippen molar-refractivity contribution in [2.75, 3.05) is 11.1 Å². The van der Waals surface area contributed by atoms with Crippen LogP contribution in [0.2, 0.25) is 0 Å². The number of carbonyl (C=O) groups is 1. The Bertz CT molecular complexity index is 1130. The van der Waals surface area contributed by atoms with Crippen molar-refractivity contribution >= 4 is 29.0 Å². The largest absolute Gasteiger partial charge is 0.463 e. The summed E-state index contributed by atoms with van der Waals surface area (Å²) in [7, 11) is 0. The molecular formula is C20H19N5O2S. The van der Waals surface area contributed by atoms with Gasteiger partial charge in [0.2, 0.25) is 11.1 Å². The van der Waals surface area contributed by atoms with Crippen LogP contribution in [0.15, 0.2) is 52.2 Å². The number of carbonyl (C=O) groups excluding carboxylic acids is 1. The van der Waals surface area contributed by atoms with E-state index < -0.39 is 0 Å². The minimum Gasteiger partial charge on any atom is -0.463 e. The summed E-state index contributed by atoms with van der Waals surface area (Å²) in [6, 6.07) is 11.4. The smallest absolute Gasteiger partial charge is 0.234 e. The van der Waals surface area contributed by atoms with Crippen LogP contribution >= 0.6 is 11.8 Å². The van der Waals surface area contributed by atoms with Gasteiger partial charge < -0.3 is 9.73 Å². The summed E-state index contributed by atoms with van der Waals surface area (Å²) < 4.78 is 7.02. The first kappa shape index (κ1) is 18.2. The molecule has 1 amide bonds. The molecule has 3 aromatic heterocycles. The number of hydrogen-bond donors (Lipinski definition) is 1. The van der Waals surface area contributed by atoms with Crippen molar-refractivity contribution in [2.45, 2.75) is 25.9 Å². The molecule has 0 radical (unpaired) electrons. The molecule has 1 aromatic carbocycles. The molecule has 4 aromatic rings. The Morgan fingerprint density at radius 1 is 1.14 bits per heavy atom. The number of hydrogen-bond acceptors (Lipinski definition) is 6. The first-order valence-electron chi connectivity index (χ1n) is 8.78. The van der Waals surface area contributed by atoms with Gasteiger partial charge in [0.15, 0.2) is 11.4 Å². The lowest BCUT2D eigenvalue weighted by molar-refractivity contribution is -0.113. The third-order valence-electron chi connectivity index (χ3n) is 4.28. The average Bonchev–Trinajstić information content (AvgIpc) is 3.32. The van der Waals surface area contributed by atoms with Crippen molar-refractivity contribution < 1.29 is 9.21 Å². The van der Waals surface area contributed by atoms with E-state index in [-0.39, 0.29) is 11.7 Å². The minimum atomic E-state index is -0.0982. The number of furan rings is 1. The van der Waals surface area contributed by atoms with Gasteiger partial charge in [0.25, 0.3) is 0 Å². The second-order valence-corrected chi connectivity index (χ2v) is 7.50. The molecule has 0 unspecified atom stereocenters. The zero-order chi connectivity index (χ0) is 19.7. The van der Waals surface area contributed by atoms with Gasteiger partial charge in [0.1, 0.15) is 5.69 Å². The molecule has 0 aliphatic heterocycles. The number of aromatic nitrogens is 4. The number of rotatable bonds is 5. The van der Waals surface area contributed by atoms with Gasteiger partial charge >= 0.3 is 0 Å². The number of thioether (sulfide) groups is 1. The highest BCUT2D eigenvalue weighted by molar-refractivity contribution is 7.99. The van der Waals surface area contributed by atoms with Crippen LogP contribution in [-0.2, 0) is 4.79 Å². The van der Waals surface area contributed by atoms with Crippen molar-refractivity contribution in [3.63, 3.8) is 0 Å². The summed E-state index contributed by atoms with van der Waals surface area (Å²) in [5.41, 5.74) is 5.43. The van der Waals surface area contributed by atoms with E-state index in [0.717, 1.165) is 16.8 Å². The van der Waals surface area contributed by atoms with Crippen molar-refractivity contribution in [2.24, 2.45) is 0 Å². The highest BCUT2D eigenvalue weighted by atomic mass is 32.2. The third-order valence-corrected chi connectivity index (χ3v) is 5.20. The van der Waals surface area contributed by atoms with Gasteiger partial charge in [-0.05, 0) is 56.2 Å². The normalized spacial score (nSPS) is 11.1. The highest BCUT2D eigenvalue weighted by Gasteiger charge is 2.14. The summed E-state index contributed by atoms with van der Waals surface area (Å²) in [5.74, 6) is 0.772. The van der Waals surface area contributed by atoms with Crippen LogP contribution in [0.3, 0.4) is 0 Å². The Hall–Kier alpha value is -3.13. The second-order valence-electron chi connectivity index (χ2n) is 6.56. The van der Waals surface area contributed by atoms with Gasteiger partial charge in [-0.1, -0.05) is 29.5 Å². The van der Waals surface area contributed by atoms with Crippen LogP contribution < -0.4 is 5.32 Å². The SMILES string of the molecule is Cc1cc(C)c(NC(=O)CSc2nnc3ccc(-c4ccco4)nn23)c(C)c1. The molecule has 0 fully saturated rings. The highest BCUT2D eigenvalue weighted by Crippen LogP contribution is 2.24. The summed E-state index contributed by atoms with van der Waals surface area (Å²) in [6.45, 7) is 6.03. The van der Waals surface area contributed by atoms with Crippen LogP contribution in [0.5, 0.6) is 0 Å². The Balaban J connectivity index is 1.50. The van der Waals surface area contributed by atoms with E-state index in [2.05, 4.69) is 32.7 Å². The summed E-state index contributed by atoms with van der Waals surface area (Å²) in [4.78, 5) is 12.5. The number of benzene rings is 1. The molecule has 4 rings (SSSR count). The van der Waals surface area contributed by atoms with Gasteiger partial charge in [-0.3, -0.25) is 4.79 Å². The van der Waals surface area contributed by atoms with Crippen LogP contribution in [0.25, 0.3) is 17.1 Å². The maximum Gasteiger partial charge on any atom is 0.234 e. The van der Waals surface area contributed by atoms with Gasteiger partial charge in [-0.25, -0.2) is 0 Å². The number of fused-ring (bicyclic) bond motifs is 1. The maximum atomic E-state index is 12.5. The van der Waals surface area contributed by atoms with E-state index in [1.807, 2.05) is 45.0 Å². The van der Waals surface area contributed by atoms with Crippen molar-refractivity contribution in [1.29, 1.82) is 0 Å². The molecule has 0 atom stereocenters. The first-order chi connectivity index (χ1) is 13.5. The molecule has 8 heteroatoms. The molecule has 142 valence electrons. The van der Waals surface area contributed by atoms with E-state index in [0.29, 0.717) is 22.3 Å². The second kappa shape index (κ2) is 7.47. The lowest BCUT2D eigenvalue weighted by Gasteiger charge is -2.12. The van der Waals surface area contributed by atoms with E-state index in [9.17, 15) is 4.79 Å². The van der Waals surface area contributed by atoms with E-state index in [1.165, 1.54) is 17.3 Å². The monoisotopic (exact) mass is 393 g/mol. The Morgan fingerprint density at radius 3 is 2.64 bits per heavy atom. The van der Waals surface area contributed by atoms with Crippen LogP contribution in [0.1, 0.15) is 16.7 Å². The van der Waals surface area contributed by atoms with Crippen LogP contribution in [-0.4, -0.2) is 31.5 Å². The van der Waals surface area contributed by atoms with Gasteiger partial charge in [0.05, 0.1) is 12.0 Å². The Morgan fingerprint density at radius 2 is 1.93 bits per heavy atom. The molecule has 0 aliphatic rings. The van der Waals surface area contributed by atoms with Crippen LogP contribution in [0.4, 0.5) is 5.69 Å². The number of nitrogens with zero attached hydrogens (tertiary/aromatic N) is 4. The van der Waals surface area contributed by atoms with Crippen molar-refractivity contribution in [3.05, 3.63) is 59.4 Å². The molecule has 7 nitrogen and oxygen atoms in total. The molecule has 0 aliphatic carbocycles. The third kappa shape index (κ3) is 3.63. The summed E-state index contributed by atoms with van der Waals surface area (Å²) >= 11 is 1.29. The zero-order valence-electron chi connectivity index (χ0n) is 15.8. The lowest BCUT2D eigenvalue weighted by Crippen LogP contribution is -2.16. The predicted molar refractivity (Wildman–Crippen MR) is 108 cm³/mol. The minimum absolute atomic E-state index is 0.0982. The average molecular weight is 393 g/mol. The van der Waals surface area contributed by atoms with Crippen LogP contribution in [0, 0.1) is 20.8 Å². The fraction of sp³-hybridized carbons (Fsp3) is 0.200. The standard InChI is InChI=1S/C20H19N5O2S/c1-12-9-13(2)19(14(3)10-12)21-18(26)11-28-20-23-22-17-7-6-15(24-25(17)20)16-5-4-8-27-16/h4-10H,11H2,1-3H3,(H,21,26). The number of amides is 1. The molecular weight excluding hydrogens is 374 g/mol. The quantitative estimate of drug-likeness (QED) is 0.515. The number of nitrogens with one attached hydrogen (secondary N) is 1. The topological polar surface area (TPSA) is 85.3 Å². The molecule has 1 N–H and O–H groups in total. The first-order valence-corrected chi connectivity index (χ1v) is 9.76.